The Kier molecular flexibility index (Phi) is 3.54. The highest BCUT2D eigenvalue weighted by atomic mass is 15.1. The first-order valence-electron chi connectivity index (χ1n) is 5.91. The Morgan fingerprint density at radius 1 is 1.35 bits per heavy atom. The van der Waals surface area contributed by atoms with Crippen molar-refractivity contribution in [1.29, 1.82) is 0 Å². The van der Waals surface area contributed by atoms with E-state index in [1.807, 2.05) is 31.5 Å². The third-order valence-corrected chi connectivity index (χ3v) is 2.78. The topological polar surface area (TPSA) is 56.7 Å². The van der Waals surface area contributed by atoms with Gasteiger partial charge < -0.3 is 10.3 Å². The standard InChI is InChI=1S/C13H18N4/c1-3-7-17-8-6-15-13(17)12(14)11-5-4-10(2)16-9-11/h4-6,8-9,12H,3,7,14H2,1-2H3. The second-order valence-corrected chi connectivity index (χ2v) is 4.19. The molecule has 0 radical (unpaired) electrons. The van der Waals surface area contributed by atoms with Crippen LogP contribution in [-0.2, 0) is 6.54 Å². The number of hydrogen-bond acceptors (Lipinski definition) is 3. The van der Waals surface area contributed by atoms with Crippen molar-refractivity contribution >= 4 is 0 Å². The largest absolute Gasteiger partial charge is 0.333 e. The van der Waals surface area contributed by atoms with E-state index in [-0.39, 0.29) is 6.04 Å². The van der Waals surface area contributed by atoms with Crippen molar-refractivity contribution in [3.63, 3.8) is 0 Å². The molecule has 0 spiro atoms. The first-order chi connectivity index (χ1) is 8.22. The van der Waals surface area contributed by atoms with Crippen LogP contribution in [0.3, 0.4) is 0 Å². The fraction of sp³-hybridized carbons (Fsp3) is 0.385. The van der Waals surface area contributed by atoms with Gasteiger partial charge in [0.2, 0.25) is 0 Å². The number of nitrogens with two attached hydrogens (primary N) is 1. The molecule has 4 heteroatoms. The minimum absolute atomic E-state index is 0.204. The molecule has 2 rings (SSSR count). The molecule has 0 saturated heterocycles. The minimum atomic E-state index is -0.204. The van der Waals surface area contributed by atoms with Crippen LogP contribution in [0.2, 0.25) is 0 Å². The summed E-state index contributed by atoms with van der Waals surface area (Å²) in [5.41, 5.74) is 8.22. The fourth-order valence-corrected chi connectivity index (χ4v) is 1.84. The Bertz CT molecular complexity index is 472. The van der Waals surface area contributed by atoms with Crippen molar-refractivity contribution in [2.45, 2.75) is 32.9 Å². The average Bonchev–Trinajstić information content (AvgIpc) is 2.78. The lowest BCUT2D eigenvalue weighted by molar-refractivity contribution is 0.612. The summed E-state index contributed by atoms with van der Waals surface area (Å²) in [6.45, 7) is 5.05. The van der Waals surface area contributed by atoms with Gasteiger partial charge in [-0.3, -0.25) is 4.98 Å². The number of aryl methyl sites for hydroxylation is 2. The van der Waals surface area contributed by atoms with Crippen molar-refractivity contribution in [2.75, 3.05) is 0 Å². The Morgan fingerprint density at radius 2 is 2.18 bits per heavy atom. The van der Waals surface area contributed by atoms with Gasteiger partial charge in [0.15, 0.2) is 0 Å². The van der Waals surface area contributed by atoms with Gasteiger partial charge in [-0.2, -0.15) is 0 Å². The molecule has 0 aliphatic heterocycles. The second-order valence-electron chi connectivity index (χ2n) is 4.19. The van der Waals surface area contributed by atoms with Crippen LogP contribution in [0.15, 0.2) is 30.7 Å². The molecular formula is C13H18N4. The van der Waals surface area contributed by atoms with Crippen LogP contribution in [0.5, 0.6) is 0 Å². The number of imidazole rings is 1. The Hall–Kier alpha value is -1.68. The molecule has 0 saturated carbocycles. The molecule has 1 atom stereocenters. The van der Waals surface area contributed by atoms with Crippen LogP contribution >= 0.6 is 0 Å². The molecule has 2 aromatic rings. The first-order valence-corrected chi connectivity index (χ1v) is 5.91. The molecule has 2 aromatic heterocycles. The van der Waals surface area contributed by atoms with Crippen molar-refractivity contribution in [3.05, 3.63) is 47.8 Å². The summed E-state index contributed by atoms with van der Waals surface area (Å²) in [5, 5.41) is 0. The summed E-state index contributed by atoms with van der Waals surface area (Å²) in [6.07, 6.45) is 6.67. The molecular weight excluding hydrogens is 212 g/mol. The van der Waals surface area contributed by atoms with Crippen LogP contribution in [0.1, 0.15) is 36.5 Å². The van der Waals surface area contributed by atoms with Gasteiger partial charge in [0.1, 0.15) is 5.82 Å². The zero-order valence-corrected chi connectivity index (χ0v) is 10.3. The van der Waals surface area contributed by atoms with Gasteiger partial charge in [-0.05, 0) is 25.0 Å². The summed E-state index contributed by atoms with van der Waals surface area (Å²) in [4.78, 5) is 8.61. The van der Waals surface area contributed by atoms with Gasteiger partial charge in [0, 0.05) is 30.8 Å². The predicted molar refractivity (Wildman–Crippen MR) is 67.5 cm³/mol. The Morgan fingerprint density at radius 3 is 2.82 bits per heavy atom. The number of nitrogens with zero attached hydrogens (tertiary/aromatic N) is 3. The molecule has 17 heavy (non-hydrogen) atoms. The summed E-state index contributed by atoms with van der Waals surface area (Å²) in [6, 6.07) is 3.78. The van der Waals surface area contributed by atoms with E-state index in [0.717, 1.165) is 30.0 Å². The number of rotatable bonds is 4. The van der Waals surface area contributed by atoms with E-state index in [2.05, 4.69) is 21.5 Å². The van der Waals surface area contributed by atoms with Crippen LogP contribution in [0, 0.1) is 6.92 Å². The molecule has 1 unspecified atom stereocenters. The molecule has 0 fully saturated rings. The van der Waals surface area contributed by atoms with Crippen LogP contribution in [0.25, 0.3) is 0 Å². The lowest BCUT2D eigenvalue weighted by Gasteiger charge is -2.13. The van der Waals surface area contributed by atoms with E-state index in [1.165, 1.54) is 0 Å². The van der Waals surface area contributed by atoms with Crippen molar-refractivity contribution in [2.24, 2.45) is 5.73 Å². The Balaban J connectivity index is 2.26. The van der Waals surface area contributed by atoms with Gasteiger partial charge in [0.25, 0.3) is 0 Å². The minimum Gasteiger partial charge on any atom is -0.333 e. The summed E-state index contributed by atoms with van der Waals surface area (Å²) in [5.74, 6) is 0.900. The lowest BCUT2D eigenvalue weighted by atomic mass is 10.1. The van der Waals surface area contributed by atoms with Crippen LogP contribution in [0.4, 0.5) is 0 Å². The summed E-state index contributed by atoms with van der Waals surface area (Å²) >= 11 is 0. The zero-order chi connectivity index (χ0) is 12.3. The third-order valence-electron chi connectivity index (χ3n) is 2.78. The summed E-state index contributed by atoms with van der Waals surface area (Å²) < 4.78 is 2.10. The smallest absolute Gasteiger partial charge is 0.130 e. The normalized spacial score (nSPS) is 12.6. The molecule has 90 valence electrons. The van der Waals surface area contributed by atoms with Gasteiger partial charge in [-0.25, -0.2) is 4.98 Å². The predicted octanol–water partition coefficient (Wildman–Crippen LogP) is 2.04. The highest BCUT2D eigenvalue weighted by Gasteiger charge is 2.14. The maximum absolute atomic E-state index is 6.22. The first kappa shape index (κ1) is 11.8. The van der Waals surface area contributed by atoms with E-state index >= 15 is 0 Å². The zero-order valence-electron chi connectivity index (χ0n) is 10.3. The SMILES string of the molecule is CCCn1ccnc1C(N)c1ccc(C)nc1. The van der Waals surface area contributed by atoms with Crippen molar-refractivity contribution in [1.82, 2.24) is 14.5 Å². The quantitative estimate of drug-likeness (QED) is 0.874. The monoisotopic (exact) mass is 230 g/mol. The molecule has 0 aliphatic rings. The van der Waals surface area contributed by atoms with E-state index in [9.17, 15) is 0 Å². The van der Waals surface area contributed by atoms with Gasteiger partial charge >= 0.3 is 0 Å². The Labute approximate surface area is 102 Å². The van der Waals surface area contributed by atoms with Gasteiger partial charge in [-0.15, -0.1) is 0 Å². The lowest BCUT2D eigenvalue weighted by Crippen LogP contribution is -2.18. The van der Waals surface area contributed by atoms with Gasteiger partial charge in [0.05, 0.1) is 6.04 Å². The molecule has 0 aromatic carbocycles. The molecule has 0 amide bonds. The van der Waals surface area contributed by atoms with Crippen LogP contribution < -0.4 is 5.73 Å². The third kappa shape index (κ3) is 2.53. The van der Waals surface area contributed by atoms with E-state index in [0.29, 0.717) is 0 Å². The highest BCUT2D eigenvalue weighted by molar-refractivity contribution is 5.23. The number of aromatic nitrogens is 3. The van der Waals surface area contributed by atoms with Crippen LogP contribution in [-0.4, -0.2) is 14.5 Å². The molecule has 0 aliphatic carbocycles. The average molecular weight is 230 g/mol. The number of pyridine rings is 1. The van der Waals surface area contributed by atoms with E-state index in [4.69, 9.17) is 5.73 Å². The second kappa shape index (κ2) is 5.10. The van der Waals surface area contributed by atoms with Gasteiger partial charge in [-0.1, -0.05) is 13.0 Å². The van der Waals surface area contributed by atoms with E-state index in [1.54, 1.807) is 6.20 Å². The van der Waals surface area contributed by atoms with Crippen molar-refractivity contribution < 1.29 is 0 Å². The molecule has 4 nitrogen and oxygen atoms in total. The highest BCUT2D eigenvalue weighted by Crippen LogP contribution is 2.17. The molecule has 0 bridgehead atoms. The maximum Gasteiger partial charge on any atom is 0.130 e. The van der Waals surface area contributed by atoms with E-state index < -0.39 is 0 Å². The van der Waals surface area contributed by atoms with Crippen molar-refractivity contribution in [3.8, 4) is 0 Å². The molecule has 2 N–H and O–H groups in total. The summed E-state index contributed by atoms with van der Waals surface area (Å²) in [7, 11) is 0. The maximum atomic E-state index is 6.22. The number of hydrogen-bond donors (Lipinski definition) is 1. The molecule has 2 heterocycles. The fourth-order valence-electron chi connectivity index (χ4n) is 1.84.